The summed E-state index contributed by atoms with van der Waals surface area (Å²) in [6.07, 6.45) is 1.65. The van der Waals surface area contributed by atoms with Gasteiger partial charge in [-0.25, -0.2) is 0 Å². The second-order valence-electron chi connectivity index (χ2n) is 4.37. The molecule has 1 aromatic heterocycles. The molecule has 21 heavy (non-hydrogen) atoms. The van der Waals surface area contributed by atoms with E-state index in [4.69, 9.17) is 11.6 Å². The fourth-order valence-electron chi connectivity index (χ4n) is 1.81. The van der Waals surface area contributed by atoms with Crippen molar-refractivity contribution in [3.8, 4) is 0 Å². The highest BCUT2D eigenvalue weighted by Gasteiger charge is 2.15. The third kappa shape index (κ3) is 3.57. The zero-order valence-corrected chi connectivity index (χ0v) is 12.0. The Morgan fingerprint density at radius 3 is 2.81 bits per heavy atom. The van der Waals surface area contributed by atoms with Crippen molar-refractivity contribution in [3.63, 3.8) is 0 Å². The van der Waals surface area contributed by atoms with Gasteiger partial charge in [0, 0.05) is 12.5 Å². The van der Waals surface area contributed by atoms with Crippen LogP contribution < -0.4 is 5.32 Å². The van der Waals surface area contributed by atoms with Crippen molar-refractivity contribution in [2.45, 2.75) is 19.9 Å². The first-order valence-corrected chi connectivity index (χ1v) is 6.58. The molecule has 0 unspecified atom stereocenters. The van der Waals surface area contributed by atoms with E-state index in [-0.39, 0.29) is 23.7 Å². The summed E-state index contributed by atoms with van der Waals surface area (Å²) in [4.78, 5) is 22.2. The molecule has 0 saturated heterocycles. The van der Waals surface area contributed by atoms with E-state index in [1.165, 1.54) is 18.3 Å². The van der Waals surface area contributed by atoms with E-state index in [2.05, 4.69) is 10.4 Å². The van der Waals surface area contributed by atoms with E-state index in [0.29, 0.717) is 11.6 Å². The molecule has 0 fully saturated rings. The number of rotatable bonds is 5. The Kier molecular flexibility index (Phi) is 4.54. The molecule has 1 amide bonds. The van der Waals surface area contributed by atoms with Gasteiger partial charge < -0.3 is 5.32 Å². The Morgan fingerprint density at radius 1 is 1.48 bits per heavy atom. The molecule has 0 aliphatic carbocycles. The molecule has 1 heterocycles. The average Bonchev–Trinajstić information content (AvgIpc) is 2.77. The second-order valence-corrected chi connectivity index (χ2v) is 4.78. The maximum absolute atomic E-state index is 11.9. The maximum atomic E-state index is 11.9. The molecule has 1 N–H and O–H groups in total. The number of aromatic nitrogens is 2. The minimum absolute atomic E-state index is 0.135. The molecule has 0 bridgehead atoms. The van der Waals surface area contributed by atoms with E-state index < -0.39 is 4.92 Å². The summed E-state index contributed by atoms with van der Waals surface area (Å²) >= 11 is 5.87. The number of anilines is 1. The smallest absolute Gasteiger partial charge is 0.292 e. The third-order valence-corrected chi connectivity index (χ3v) is 3.34. The number of hydrogen-bond acceptors (Lipinski definition) is 4. The van der Waals surface area contributed by atoms with Gasteiger partial charge in [0.05, 0.1) is 28.4 Å². The third-order valence-electron chi connectivity index (χ3n) is 2.97. The van der Waals surface area contributed by atoms with Gasteiger partial charge in [0.15, 0.2) is 0 Å². The molecule has 0 aliphatic heterocycles. The molecule has 0 saturated carbocycles. The van der Waals surface area contributed by atoms with Gasteiger partial charge in [-0.05, 0) is 13.0 Å². The largest absolute Gasteiger partial charge is 0.320 e. The Bertz CT molecular complexity index is 684. The van der Waals surface area contributed by atoms with Crippen LogP contribution in [0.1, 0.15) is 12.1 Å². The maximum Gasteiger partial charge on any atom is 0.292 e. The van der Waals surface area contributed by atoms with E-state index in [0.717, 1.165) is 5.69 Å². The molecule has 8 heteroatoms. The number of nitrogens with zero attached hydrogens (tertiary/aromatic N) is 3. The minimum atomic E-state index is -0.535. The topological polar surface area (TPSA) is 90.1 Å². The van der Waals surface area contributed by atoms with Gasteiger partial charge in [-0.15, -0.1) is 0 Å². The molecule has 7 nitrogen and oxygen atoms in total. The van der Waals surface area contributed by atoms with Crippen LogP contribution in [0.4, 0.5) is 11.4 Å². The molecule has 110 valence electrons. The molecule has 0 spiro atoms. The van der Waals surface area contributed by atoms with Crippen molar-refractivity contribution in [1.29, 1.82) is 0 Å². The van der Waals surface area contributed by atoms with Crippen molar-refractivity contribution >= 4 is 28.9 Å². The first kappa shape index (κ1) is 15.0. The number of halogens is 1. The number of hydrogen-bond donors (Lipinski definition) is 1. The predicted molar refractivity (Wildman–Crippen MR) is 78.3 cm³/mol. The van der Waals surface area contributed by atoms with Crippen LogP contribution in [0.3, 0.4) is 0 Å². The van der Waals surface area contributed by atoms with Crippen LogP contribution in [0.5, 0.6) is 0 Å². The molecule has 2 aromatic rings. The number of amides is 1. The van der Waals surface area contributed by atoms with Gasteiger partial charge in [-0.3, -0.25) is 19.6 Å². The van der Waals surface area contributed by atoms with Gasteiger partial charge >= 0.3 is 0 Å². The van der Waals surface area contributed by atoms with Crippen LogP contribution in [0.25, 0.3) is 0 Å². The van der Waals surface area contributed by atoms with Gasteiger partial charge in [0.25, 0.3) is 5.69 Å². The lowest BCUT2D eigenvalue weighted by Gasteiger charge is -2.07. The fourth-order valence-corrected chi connectivity index (χ4v) is 1.95. The number of benzene rings is 1. The molecule has 0 radical (unpaired) electrons. The normalized spacial score (nSPS) is 10.4. The minimum Gasteiger partial charge on any atom is -0.320 e. The number of nitro benzene ring substituents is 1. The molecule has 0 atom stereocenters. The number of nitrogens with one attached hydrogen (secondary N) is 1. The lowest BCUT2D eigenvalue weighted by atomic mass is 10.2. The zero-order chi connectivity index (χ0) is 15.4. The fraction of sp³-hybridized carbons (Fsp3) is 0.231. The Labute approximate surface area is 125 Å². The van der Waals surface area contributed by atoms with Crippen LogP contribution in [0, 0.1) is 17.0 Å². The summed E-state index contributed by atoms with van der Waals surface area (Å²) in [6.45, 7) is 2.15. The quantitative estimate of drug-likeness (QED) is 0.679. The summed E-state index contributed by atoms with van der Waals surface area (Å²) in [6, 6.07) is 6.00. The highest BCUT2D eigenvalue weighted by molar-refractivity contribution is 6.31. The summed E-state index contributed by atoms with van der Waals surface area (Å²) < 4.78 is 1.61. The summed E-state index contributed by atoms with van der Waals surface area (Å²) in [5, 5.41) is 18.0. The molecule has 1 aromatic carbocycles. The second kappa shape index (κ2) is 6.36. The van der Waals surface area contributed by atoms with Gasteiger partial charge in [-0.2, -0.15) is 5.10 Å². The lowest BCUT2D eigenvalue weighted by molar-refractivity contribution is -0.383. The van der Waals surface area contributed by atoms with Crippen LogP contribution in [-0.4, -0.2) is 20.6 Å². The summed E-state index contributed by atoms with van der Waals surface area (Å²) in [5.74, 6) is -0.324. The number of carbonyl (C=O) groups excluding carboxylic acids is 1. The van der Waals surface area contributed by atoms with E-state index in [1.54, 1.807) is 23.7 Å². The Morgan fingerprint density at radius 2 is 2.19 bits per heavy atom. The number of nitro groups is 1. The zero-order valence-electron chi connectivity index (χ0n) is 11.2. The molecular formula is C13H13ClN4O3. The van der Waals surface area contributed by atoms with E-state index in [1.807, 2.05) is 0 Å². The molecule has 0 aliphatic rings. The van der Waals surface area contributed by atoms with Crippen molar-refractivity contribution < 1.29 is 9.72 Å². The van der Waals surface area contributed by atoms with Gasteiger partial charge in [0.1, 0.15) is 5.69 Å². The van der Waals surface area contributed by atoms with E-state index >= 15 is 0 Å². The van der Waals surface area contributed by atoms with Crippen molar-refractivity contribution in [2.75, 3.05) is 5.32 Å². The average molecular weight is 309 g/mol. The predicted octanol–water partition coefficient (Wildman–Crippen LogP) is 2.78. The van der Waals surface area contributed by atoms with E-state index in [9.17, 15) is 14.9 Å². The Balaban J connectivity index is 1.99. The number of carbonyl (C=O) groups is 1. The highest BCUT2D eigenvalue weighted by Crippen LogP contribution is 2.23. The monoisotopic (exact) mass is 308 g/mol. The molecule has 2 rings (SSSR count). The number of para-hydroxylation sites is 2. The van der Waals surface area contributed by atoms with Gasteiger partial charge in [0.2, 0.25) is 5.91 Å². The van der Waals surface area contributed by atoms with Crippen molar-refractivity contribution in [3.05, 3.63) is 51.3 Å². The van der Waals surface area contributed by atoms with Gasteiger partial charge in [-0.1, -0.05) is 23.7 Å². The van der Waals surface area contributed by atoms with Crippen molar-refractivity contribution in [1.82, 2.24) is 9.78 Å². The summed E-state index contributed by atoms with van der Waals surface area (Å²) in [5.41, 5.74) is 0.821. The SMILES string of the molecule is Cc1c(Cl)cnn1CCC(=O)Nc1ccccc1[N+](=O)[O-]. The first-order chi connectivity index (χ1) is 9.99. The lowest BCUT2D eigenvalue weighted by Crippen LogP contribution is -2.16. The van der Waals surface area contributed by atoms with Crippen LogP contribution in [0.15, 0.2) is 30.5 Å². The van der Waals surface area contributed by atoms with Crippen LogP contribution in [0.2, 0.25) is 5.02 Å². The standard InChI is InChI=1S/C13H13ClN4O3/c1-9-10(14)8-15-17(9)7-6-13(19)16-11-4-2-3-5-12(11)18(20)21/h2-5,8H,6-7H2,1H3,(H,16,19). The summed E-state index contributed by atoms with van der Waals surface area (Å²) in [7, 11) is 0. The van der Waals surface area contributed by atoms with Crippen LogP contribution >= 0.6 is 11.6 Å². The molecular weight excluding hydrogens is 296 g/mol. The van der Waals surface area contributed by atoms with Crippen molar-refractivity contribution in [2.24, 2.45) is 0 Å². The number of aryl methyl sites for hydroxylation is 1. The first-order valence-electron chi connectivity index (χ1n) is 6.20. The van der Waals surface area contributed by atoms with Crippen LogP contribution in [-0.2, 0) is 11.3 Å². The highest BCUT2D eigenvalue weighted by atomic mass is 35.5. The Hall–Kier alpha value is -2.41.